The Kier molecular flexibility index (Phi) is 12.2. The highest BCUT2D eigenvalue weighted by Crippen LogP contribution is 2.39. The third kappa shape index (κ3) is 6.77. The molecule has 0 radical (unpaired) electrons. The summed E-state index contributed by atoms with van der Waals surface area (Å²) in [6.07, 6.45) is 0. The molecule has 0 N–H and O–H groups in total. The molecule has 0 atom stereocenters. The van der Waals surface area contributed by atoms with Crippen molar-refractivity contribution in [2.24, 2.45) is 0 Å². The Bertz CT molecular complexity index is 2690. The molecule has 0 aliphatic rings. The molecule has 0 nitrogen and oxygen atoms in total. The van der Waals surface area contributed by atoms with Crippen LogP contribution in [0.15, 0.2) is 0 Å². The second-order valence-corrected chi connectivity index (χ2v) is 16.2. The molecular formula is C36H4F26Si2. The van der Waals surface area contributed by atoms with Gasteiger partial charge in [-0.25, -0.2) is 114 Å². The van der Waals surface area contributed by atoms with Gasteiger partial charge in [0.1, 0.15) is 19.0 Å². The van der Waals surface area contributed by atoms with E-state index in [-0.39, 0.29) is 0 Å². The van der Waals surface area contributed by atoms with E-state index in [1.165, 1.54) is 0 Å². The van der Waals surface area contributed by atoms with Gasteiger partial charge in [0.25, 0.3) is 0 Å². The minimum Gasteiger partial charge on any atom is -0.204 e. The van der Waals surface area contributed by atoms with Crippen molar-refractivity contribution in [1.82, 2.24) is 0 Å². The van der Waals surface area contributed by atoms with Gasteiger partial charge in [-0.15, -0.1) is 0 Å². The molecule has 6 rings (SSSR count). The van der Waals surface area contributed by atoms with E-state index >= 15 is 52.7 Å². The molecule has 0 aromatic heterocycles. The van der Waals surface area contributed by atoms with Crippen LogP contribution in [0.3, 0.4) is 0 Å². The summed E-state index contributed by atoms with van der Waals surface area (Å²) < 4.78 is 381. The Morgan fingerprint density at radius 2 is 0.219 bits per heavy atom. The highest BCUT2D eigenvalue weighted by molar-refractivity contribution is 6.68. The quantitative estimate of drug-likeness (QED) is 0.0652. The van der Waals surface area contributed by atoms with Crippen LogP contribution < -0.4 is 20.7 Å². The second-order valence-electron chi connectivity index (χ2n) is 12.7. The molecule has 64 heavy (non-hydrogen) atoms. The van der Waals surface area contributed by atoms with E-state index in [0.29, 0.717) is 0 Å². The van der Waals surface area contributed by atoms with Crippen LogP contribution >= 0.6 is 0 Å². The molecule has 0 unspecified atom stereocenters. The molecule has 6 aromatic rings. The zero-order chi connectivity index (χ0) is 48.2. The van der Waals surface area contributed by atoms with E-state index in [1.54, 1.807) is 0 Å². The van der Waals surface area contributed by atoms with Gasteiger partial charge in [-0.05, 0) is 0 Å². The lowest BCUT2D eigenvalue weighted by molar-refractivity contribution is 0.379. The lowest BCUT2D eigenvalue weighted by Crippen LogP contribution is -2.40. The maximum Gasteiger partial charge on any atom is 0.200 e. The predicted molar refractivity (Wildman–Crippen MR) is 170 cm³/mol. The molecular weight excluding hydrogens is 983 g/mol. The average Bonchev–Trinajstić information content (AvgIpc) is 3.26. The molecule has 0 saturated carbocycles. The topological polar surface area (TPSA) is 0 Å². The Labute approximate surface area is 338 Å². The van der Waals surface area contributed by atoms with Gasteiger partial charge in [0.05, 0.1) is 33.4 Å². The lowest BCUT2D eigenvalue weighted by Gasteiger charge is -2.18. The van der Waals surface area contributed by atoms with E-state index < -0.39 is 224 Å². The minimum atomic E-state index is -4.20. The molecule has 0 heterocycles. The standard InChI is InChI=1S/C36H4F26Si2/c37-7-1(8(38)20(50)23(53)19(7)49)3-11(41)25(55)33(26(56)12(3)42)63-35-29(59)15(45)5(16(46)30(35)60)6-17(47)31(61)36(32(62)18(6)48)64-34-27(57)13(43)4(14(44)28(34)58)2-9(39)21(51)24(54)22(52)10(2)40/h63-64H2. The second kappa shape index (κ2) is 16.5. The summed E-state index contributed by atoms with van der Waals surface area (Å²) in [7, 11) is -8.40. The summed E-state index contributed by atoms with van der Waals surface area (Å²) in [6, 6.07) is 0. The van der Waals surface area contributed by atoms with Gasteiger partial charge in [-0.1, -0.05) is 0 Å². The third-order valence-corrected chi connectivity index (χ3v) is 13.2. The van der Waals surface area contributed by atoms with Gasteiger partial charge in [0.15, 0.2) is 140 Å². The van der Waals surface area contributed by atoms with Gasteiger partial charge < -0.3 is 0 Å². The Morgan fingerprint density at radius 1 is 0.125 bits per heavy atom. The molecule has 0 aliphatic heterocycles. The lowest BCUT2D eigenvalue weighted by atomic mass is 10.0. The van der Waals surface area contributed by atoms with Crippen molar-refractivity contribution >= 4 is 39.8 Å². The fourth-order valence-corrected chi connectivity index (χ4v) is 9.40. The zero-order valence-electron chi connectivity index (χ0n) is 29.2. The Hall–Kier alpha value is -6.07. The van der Waals surface area contributed by atoms with E-state index in [4.69, 9.17) is 0 Å². The summed E-state index contributed by atoms with van der Waals surface area (Å²) in [6.45, 7) is 0. The molecule has 0 bridgehead atoms. The van der Waals surface area contributed by atoms with Gasteiger partial charge in [0, 0.05) is 20.7 Å². The van der Waals surface area contributed by atoms with Crippen molar-refractivity contribution in [2.75, 3.05) is 0 Å². The van der Waals surface area contributed by atoms with Crippen molar-refractivity contribution in [3.8, 4) is 33.4 Å². The fraction of sp³-hybridized carbons (Fsp3) is 0. The summed E-state index contributed by atoms with van der Waals surface area (Å²) in [5.74, 6) is -78.0. The third-order valence-electron chi connectivity index (χ3n) is 9.29. The van der Waals surface area contributed by atoms with Crippen molar-refractivity contribution in [3.63, 3.8) is 0 Å². The Balaban J connectivity index is 1.46. The predicted octanol–water partition coefficient (Wildman–Crippen LogP) is 8.54. The molecule has 338 valence electrons. The van der Waals surface area contributed by atoms with Crippen LogP contribution in [-0.4, -0.2) is 19.0 Å². The van der Waals surface area contributed by atoms with Crippen LogP contribution in [0.4, 0.5) is 114 Å². The number of halogens is 26. The number of benzene rings is 6. The van der Waals surface area contributed by atoms with Crippen LogP contribution in [-0.2, 0) is 0 Å². The van der Waals surface area contributed by atoms with E-state index in [2.05, 4.69) is 0 Å². The van der Waals surface area contributed by atoms with E-state index in [9.17, 15) is 61.5 Å². The molecule has 0 aliphatic carbocycles. The van der Waals surface area contributed by atoms with Crippen LogP contribution in [0, 0.1) is 151 Å². The first kappa shape index (κ1) is 47.4. The van der Waals surface area contributed by atoms with Crippen LogP contribution in [0.2, 0.25) is 0 Å². The van der Waals surface area contributed by atoms with Gasteiger partial charge >= 0.3 is 0 Å². The van der Waals surface area contributed by atoms with Crippen molar-refractivity contribution in [1.29, 1.82) is 0 Å². The monoisotopic (exact) mass is 986 g/mol. The van der Waals surface area contributed by atoms with Crippen LogP contribution in [0.1, 0.15) is 0 Å². The highest BCUT2D eigenvalue weighted by Gasteiger charge is 2.40. The first-order chi connectivity index (χ1) is 29.6. The maximum atomic E-state index is 15.4. The number of rotatable bonds is 7. The highest BCUT2D eigenvalue weighted by atomic mass is 28.2. The number of hydrogen-bond donors (Lipinski definition) is 0. The molecule has 0 saturated heterocycles. The van der Waals surface area contributed by atoms with Gasteiger partial charge in [0.2, 0.25) is 11.6 Å². The summed E-state index contributed by atoms with van der Waals surface area (Å²) in [4.78, 5) is 0. The summed E-state index contributed by atoms with van der Waals surface area (Å²) in [5.41, 5.74) is -16.1. The summed E-state index contributed by atoms with van der Waals surface area (Å²) >= 11 is 0. The maximum absolute atomic E-state index is 15.4. The molecule has 0 fully saturated rings. The fourth-order valence-electron chi connectivity index (χ4n) is 6.21. The average molecular weight is 987 g/mol. The smallest absolute Gasteiger partial charge is 0.200 e. The molecule has 6 aromatic carbocycles. The largest absolute Gasteiger partial charge is 0.204 e. The minimum absolute atomic E-state index is 2.23. The number of hydrogen-bond acceptors (Lipinski definition) is 0. The van der Waals surface area contributed by atoms with Crippen molar-refractivity contribution in [2.45, 2.75) is 0 Å². The molecule has 0 amide bonds. The van der Waals surface area contributed by atoms with E-state index in [0.717, 1.165) is 0 Å². The first-order valence-electron chi connectivity index (χ1n) is 16.1. The zero-order valence-corrected chi connectivity index (χ0v) is 32.1. The van der Waals surface area contributed by atoms with Crippen molar-refractivity contribution < 1.29 is 114 Å². The Morgan fingerprint density at radius 3 is 0.344 bits per heavy atom. The SMILES string of the molecule is Fc1c(F)c(F)c(-c2c(F)c(F)c([SiH2]c3c(F)c(F)c(-c4c(F)c(F)c([SiH2]c5c(F)c(F)c(-c6c(F)c(F)c(F)c(F)c6F)c(F)c5F)c(F)c4F)c(F)c3F)c(F)c2F)c(F)c1F. The molecule has 28 heteroatoms. The van der Waals surface area contributed by atoms with Crippen LogP contribution in [0.5, 0.6) is 0 Å². The first-order valence-corrected chi connectivity index (χ1v) is 18.9. The normalized spacial score (nSPS) is 12.1. The van der Waals surface area contributed by atoms with Gasteiger partial charge in [-0.2, -0.15) is 0 Å². The van der Waals surface area contributed by atoms with Crippen molar-refractivity contribution in [3.05, 3.63) is 151 Å². The molecule has 0 spiro atoms. The van der Waals surface area contributed by atoms with Gasteiger partial charge in [-0.3, -0.25) is 0 Å². The summed E-state index contributed by atoms with van der Waals surface area (Å²) in [5, 5.41) is -9.00. The van der Waals surface area contributed by atoms with E-state index in [1.807, 2.05) is 0 Å². The van der Waals surface area contributed by atoms with Crippen LogP contribution in [0.25, 0.3) is 33.4 Å².